The molecule has 0 aromatic heterocycles. The Kier molecular flexibility index (Phi) is 2.82. The van der Waals surface area contributed by atoms with E-state index in [2.05, 4.69) is 48.7 Å². The van der Waals surface area contributed by atoms with Gasteiger partial charge in [-0.1, -0.05) is 34.8 Å². The topological polar surface area (TPSA) is 0 Å². The van der Waals surface area contributed by atoms with Crippen molar-refractivity contribution in [1.82, 2.24) is 0 Å². The summed E-state index contributed by atoms with van der Waals surface area (Å²) in [7, 11) is 0. The van der Waals surface area contributed by atoms with Crippen LogP contribution in [0.1, 0.15) is 19.4 Å². The fourth-order valence-electron chi connectivity index (χ4n) is 0.912. The molecule has 1 aromatic carbocycles. The van der Waals surface area contributed by atoms with Gasteiger partial charge in [0.1, 0.15) is 0 Å². The zero-order valence-electron chi connectivity index (χ0n) is 6.97. The molecular formula is C10H13I. The van der Waals surface area contributed by atoms with E-state index in [0.717, 1.165) is 0 Å². The largest absolute Gasteiger partial charge is 0.119 e. The summed E-state index contributed by atoms with van der Waals surface area (Å²) in [4.78, 5) is 0. The Balaban J connectivity index is 3.02. The fraction of sp³-hybridized carbons (Fsp3) is 0.300. The summed E-state index contributed by atoms with van der Waals surface area (Å²) in [5, 5.41) is 0. The van der Waals surface area contributed by atoms with Crippen LogP contribution in [0.25, 0.3) is 0 Å². The highest BCUT2D eigenvalue weighted by Gasteiger charge is 2.15. The summed E-state index contributed by atoms with van der Waals surface area (Å²) in [5.41, 5.74) is 1.42. The predicted octanol–water partition coefficient (Wildman–Crippen LogP) is 3.32. The number of rotatable bonds is 2. The lowest BCUT2D eigenvalue weighted by Gasteiger charge is -2.18. The van der Waals surface area contributed by atoms with E-state index in [-0.39, 0.29) is 20.7 Å². The number of halogens is 1. The van der Waals surface area contributed by atoms with Gasteiger partial charge < -0.3 is 0 Å². The van der Waals surface area contributed by atoms with Gasteiger partial charge in [-0.15, -0.1) is 20.7 Å². The maximum atomic E-state index is 4.04. The Morgan fingerprint density at radius 2 is 1.73 bits per heavy atom. The van der Waals surface area contributed by atoms with Gasteiger partial charge in [0.25, 0.3) is 0 Å². The normalized spacial score (nSPS) is 11.5. The van der Waals surface area contributed by atoms with Crippen molar-refractivity contribution in [2.24, 2.45) is 0 Å². The standard InChI is InChI=1S/C10H13I/c1-10(2,11-3)9-7-5-4-6-8-9/h4-8H,3H2,1-2H3. The molecule has 1 aromatic rings. The number of hydrogen-bond donors (Lipinski definition) is 0. The minimum absolute atomic E-state index is 0.0324. The van der Waals surface area contributed by atoms with E-state index in [1.807, 2.05) is 0 Å². The van der Waals surface area contributed by atoms with Crippen LogP contribution in [0.3, 0.4) is 0 Å². The second kappa shape index (κ2) is 3.48. The summed E-state index contributed by atoms with van der Waals surface area (Å²) in [6.07, 6.45) is 0. The van der Waals surface area contributed by atoms with Gasteiger partial charge in [0.15, 0.2) is 0 Å². The third kappa shape index (κ3) is 2.12. The van der Waals surface area contributed by atoms with Crippen LogP contribution < -0.4 is 0 Å². The third-order valence-electron chi connectivity index (χ3n) is 1.79. The lowest BCUT2D eigenvalue weighted by molar-refractivity contribution is 0.826. The Hall–Kier alpha value is -0.180. The van der Waals surface area contributed by atoms with Crippen molar-refractivity contribution in [2.75, 3.05) is 0 Å². The van der Waals surface area contributed by atoms with Crippen LogP contribution >= 0.6 is 20.7 Å². The average molecular weight is 260 g/mol. The van der Waals surface area contributed by atoms with Crippen LogP contribution in [0.5, 0.6) is 0 Å². The average Bonchev–Trinajstić information content (AvgIpc) is 2.06. The van der Waals surface area contributed by atoms with E-state index in [0.29, 0.717) is 3.42 Å². The summed E-state index contributed by atoms with van der Waals surface area (Å²) in [6, 6.07) is 10.6. The molecule has 0 aliphatic heterocycles. The molecule has 1 rings (SSSR count). The Labute approximate surface area is 78.4 Å². The van der Waals surface area contributed by atoms with Gasteiger partial charge in [-0.05, 0) is 19.4 Å². The first-order chi connectivity index (χ1) is 5.17. The zero-order chi connectivity index (χ0) is 8.32. The Bertz CT molecular complexity index is 236. The summed E-state index contributed by atoms with van der Waals surface area (Å²) < 4.78 is 4.38. The minimum Gasteiger partial charge on any atom is -0.119 e. The van der Waals surface area contributed by atoms with Gasteiger partial charge in [-0.2, -0.15) is 0 Å². The number of benzene rings is 1. The van der Waals surface area contributed by atoms with E-state index < -0.39 is 0 Å². The highest BCUT2D eigenvalue weighted by atomic mass is 127. The van der Waals surface area contributed by atoms with Gasteiger partial charge in [0.05, 0.1) is 0 Å². The summed E-state index contributed by atoms with van der Waals surface area (Å²) >= 11 is 0.0324. The molecule has 0 bridgehead atoms. The van der Waals surface area contributed by atoms with Crippen molar-refractivity contribution >= 4 is 25.2 Å². The van der Waals surface area contributed by atoms with Crippen LogP contribution in [0.15, 0.2) is 30.3 Å². The molecule has 0 atom stereocenters. The maximum Gasteiger partial charge on any atom is 0.0361 e. The molecule has 0 fully saturated rings. The molecule has 0 radical (unpaired) electrons. The Morgan fingerprint density at radius 1 is 1.18 bits per heavy atom. The molecule has 0 saturated carbocycles. The minimum atomic E-state index is 0.0324. The van der Waals surface area contributed by atoms with E-state index >= 15 is 0 Å². The fourth-order valence-corrected chi connectivity index (χ4v) is 1.71. The van der Waals surface area contributed by atoms with Crippen LogP contribution in [0.2, 0.25) is 0 Å². The van der Waals surface area contributed by atoms with Crippen molar-refractivity contribution in [1.29, 1.82) is 0 Å². The van der Waals surface area contributed by atoms with Crippen molar-refractivity contribution < 1.29 is 0 Å². The number of alkyl halides is 1. The SMILES string of the molecule is C=IC(C)(C)c1ccccc1. The van der Waals surface area contributed by atoms with E-state index in [1.54, 1.807) is 0 Å². The highest BCUT2D eigenvalue weighted by Crippen LogP contribution is 2.33. The first-order valence-electron chi connectivity index (χ1n) is 3.62. The molecule has 0 aliphatic carbocycles. The molecule has 60 valence electrons. The lowest BCUT2D eigenvalue weighted by atomic mass is 10.0. The molecule has 0 nitrogen and oxygen atoms in total. The van der Waals surface area contributed by atoms with Crippen molar-refractivity contribution in [2.45, 2.75) is 17.3 Å². The van der Waals surface area contributed by atoms with E-state index in [1.165, 1.54) is 5.56 Å². The molecule has 0 saturated heterocycles. The zero-order valence-corrected chi connectivity index (χ0v) is 9.13. The molecule has 0 aliphatic rings. The first kappa shape index (κ1) is 8.91. The molecule has 0 heterocycles. The monoisotopic (exact) mass is 260 g/mol. The molecule has 11 heavy (non-hydrogen) atoms. The maximum absolute atomic E-state index is 4.04. The van der Waals surface area contributed by atoms with Gasteiger partial charge in [0, 0.05) is 3.42 Å². The lowest BCUT2D eigenvalue weighted by Crippen LogP contribution is -2.06. The molecular weight excluding hydrogens is 247 g/mol. The molecule has 0 unspecified atom stereocenters. The van der Waals surface area contributed by atoms with Gasteiger partial charge >= 0.3 is 0 Å². The quantitative estimate of drug-likeness (QED) is 0.565. The van der Waals surface area contributed by atoms with Crippen LogP contribution in [0, 0.1) is 0 Å². The van der Waals surface area contributed by atoms with Gasteiger partial charge in [-0.3, -0.25) is 0 Å². The van der Waals surface area contributed by atoms with E-state index in [9.17, 15) is 0 Å². The summed E-state index contributed by atoms with van der Waals surface area (Å²) in [6.45, 7) is 4.53. The first-order valence-corrected chi connectivity index (χ1v) is 6.22. The number of hydrogen-bond acceptors (Lipinski definition) is 0. The van der Waals surface area contributed by atoms with Crippen LogP contribution in [-0.4, -0.2) is 4.51 Å². The Morgan fingerprint density at radius 3 is 2.18 bits per heavy atom. The second-order valence-electron chi connectivity index (χ2n) is 2.97. The third-order valence-corrected chi connectivity index (χ3v) is 4.32. The van der Waals surface area contributed by atoms with Crippen molar-refractivity contribution in [3.8, 4) is 0 Å². The molecule has 0 N–H and O–H groups in total. The second-order valence-corrected chi connectivity index (χ2v) is 6.43. The van der Waals surface area contributed by atoms with Crippen molar-refractivity contribution in [3.63, 3.8) is 0 Å². The van der Waals surface area contributed by atoms with Gasteiger partial charge in [0.2, 0.25) is 0 Å². The predicted molar refractivity (Wildman–Crippen MR) is 60.6 cm³/mol. The van der Waals surface area contributed by atoms with E-state index in [4.69, 9.17) is 0 Å². The summed E-state index contributed by atoms with van der Waals surface area (Å²) in [5.74, 6) is 0. The smallest absolute Gasteiger partial charge is 0.0361 e. The van der Waals surface area contributed by atoms with Crippen molar-refractivity contribution in [3.05, 3.63) is 35.9 Å². The molecule has 0 amide bonds. The van der Waals surface area contributed by atoms with Gasteiger partial charge in [-0.25, -0.2) is 0 Å². The molecule has 0 spiro atoms. The highest BCUT2D eigenvalue weighted by molar-refractivity contribution is 14.2. The van der Waals surface area contributed by atoms with Crippen LogP contribution in [0.4, 0.5) is 0 Å². The molecule has 1 heteroatoms. The van der Waals surface area contributed by atoms with Crippen LogP contribution in [-0.2, 0) is 3.42 Å².